The molecule has 4 rings (SSSR count). The molecule has 3 aromatic carbocycles. The largest absolute Gasteiger partial charge is 0.379 e. The second kappa shape index (κ2) is 8.13. The Morgan fingerprint density at radius 2 is 1.56 bits per heavy atom. The van der Waals surface area contributed by atoms with E-state index in [4.69, 9.17) is 0 Å². The summed E-state index contributed by atoms with van der Waals surface area (Å²) in [7, 11) is 0. The van der Waals surface area contributed by atoms with Gasteiger partial charge in [-0.3, -0.25) is 0 Å². The molecular weight excluding hydrogens is 328 g/mol. The Balaban J connectivity index is 1.71. The molecule has 2 N–H and O–H groups in total. The van der Waals surface area contributed by atoms with Gasteiger partial charge in [0.05, 0.1) is 11.2 Å². The molecule has 1 heterocycles. The molecule has 0 amide bonds. The van der Waals surface area contributed by atoms with Crippen molar-refractivity contribution in [3.05, 3.63) is 90.0 Å². The van der Waals surface area contributed by atoms with E-state index in [1.54, 1.807) is 0 Å². The molecule has 136 valence electrons. The molecule has 0 saturated carbocycles. The van der Waals surface area contributed by atoms with Gasteiger partial charge in [0.2, 0.25) is 0 Å². The minimum absolute atomic E-state index is 0.826. The molecule has 0 aliphatic heterocycles. The molecule has 4 aromatic rings. The first-order chi connectivity index (χ1) is 13.3. The van der Waals surface area contributed by atoms with E-state index in [-0.39, 0.29) is 0 Å². The number of hydrogen-bond donors (Lipinski definition) is 2. The number of fused-ring (bicyclic) bond motifs is 1. The van der Waals surface area contributed by atoms with Gasteiger partial charge in [-0.25, -0.2) is 0 Å². The first-order valence-corrected chi connectivity index (χ1v) is 9.82. The van der Waals surface area contributed by atoms with E-state index < -0.39 is 0 Å². The molecular formula is C25H26N2. The van der Waals surface area contributed by atoms with Crippen molar-refractivity contribution in [2.75, 3.05) is 5.32 Å². The number of H-pyrrole nitrogens is 1. The summed E-state index contributed by atoms with van der Waals surface area (Å²) >= 11 is 0. The summed E-state index contributed by atoms with van der Waals surface area (Å²) in [5.74, 6) is 0. The van der Waals surface area contributed by atoms with Crippen LogP contribution in [0.4, 0.5) is 5.69 Å². The molecule has 0 bridgehead atoms. The lowest BCUT2D eigenvalue weighted by Crippen LogP contribution is -2.01. The van der Waals surface area contributed by atoms with Gasteiger partial charge in [-0.1, -0.05) is 74.0 Å². The Morgan fingerprint density at radius 3 is 2.30 bits per heavy atom. The van der Waals surface area contributed by atoms with Crippen LogP contribution in [0, 0.1) is 0 Å². The number of unbranched alkanes of at least 4 members (excludes halogenated alkanes) is 1. The van der Waals surface area contributed by atoms with Gasteiger partial charge >= 0.3 is 0 Å². The molecule has 0 aliphatic carbocycles. The van der Waals surface area contributed by atoms with Gasteiger partial charge in [-0.2, -0.15) is 0 Å². The minimum atomic E-state index is 0.826. The van der Waals surface area contributed by atoms with Crippen molar-refractivity contribution in [1.29, 1.82) is 0 Å². The van der Waals surface area contributed by atoms with Crippen LogP contribution in [0.1, 0.15) is 30.9 Å². The van der Waals surface area contributed by atoms with Gasteiger partial charge in [-0.15, -0.1) is 0 Å². The van der Waals surface area contributed by atoms with Crippen LogP contribution in [-0.2, 0) is 13.0 Å². The van der Waals surface area contributed by atoms with Gasteiger partial charge in [0.25, 0.3) is 0 Å². The fourth-order valence-corrected chi connectivity index (χ4v) is 3.54. The molecule has 2 heteroatoms. The predicted molar refractivity (Wildman–Crippen MR) is 116 cm³/mol. The van der Waals surface area contributed by atoms with Crippen molar-refractivity contribution in [2.45, 2.75) is 32.7 Å². The van der Waals surface area contributed by atoms with Crippen LogP contribution >= 0.6 is 0 Å². The number of anilines is 1. The average Bonchev–Trinajstić information content (AvgIpc) is 3.16. The van der Waals surface area contributed by atoms with Crippen LogP contribution in [0.3, 0.4) is 0 Å². The molecule has 27 heavy (non-hydrogen) atoms. The van der Waals surface area contributed by atoms with Crippen LogP contribution in [-0.4, -0.2) is 4.98 Å². The summed E-state index contributed by atoms with van der Waals surface area (Å²) in [6.45, 7) is 3.07. The van der Waals surface area contributed by atoms with Gasteiger partial charge < -0.3 is 10.3 Å². The van der Waals surface area contributed by atoms with Gasteiger partial charge in [0.15, 0.2) is 0 Å². The number of nitrogens with one attached hydrogen (secondary N) is 2. The predicted octanol–water partition coefficient (Wildman–Crippen LogP) is 6.79. The Bertz CT molecular complexity index is 1000. The third kappa shape index (κ3) is 4.06. The van der Waals surface area contributed by atoms with E-state index in [1.165, 1.54) is 51.8 Å². The lowest BCUT2D eigenvalue weighted by molar-refractivity contribution is 0.796. The van der Waals surface area contributed by atoms with Crippen LogP contribution in [0.5, 0.6) is 0 Å². The summed E-state index contributed by atoms with van der Waals surface area (Å²) in [5, 5.41) is 4.93. The number of benzene rings is 3. The quantitative estimate of drug-likeness (QED) is 0.376. The molecule has 0 saturated heterocycles. The van der Waals surface area contributed by atoms with E-state index >= 15 is 0 Å². The number of aromatic nitrogens is 1. The van der Waals surface area contributed by atoms with Crippen molar-refractivity contribution >= 4 is 16.6 Å². The highest BCUT2D eigenvalue weighted by atomic mass is 14.9. The summed E-state index contributed by atoms with van der Waals surface area (Å²) < 4.78 is 0. The zero-order chi connectivity index (χ0) is 18.5. The number of aryl methyl sites for hydroxylation is 1. The molecule has 0 spiro atoms. The van der Waals surface area contributed by atoms with Crippen molar-refractivity contribution in [3.8, 4) is 11.3 Å². The molecule has 0 aliphatic rings. The lowest BCUT2D eigenvalue weighted by atomic mass is 10.0. The monoisotopic (exact) mass is 354 g/mol. The van der Waals surface area contributed by atoms with Gasteiger partial charge in [0.1, 0.15) is 0 Å². The zero-order valence-electron chi connectivity index (χ0n) is 15.8. The molecule has 1 aromatic heterocycles. The van der Waals surface area contributed by atoms with Crippen LogP contribution < -0.4 is 5.32 Å². The minimum Gasteiger partial charge on any atom is -0.379 e. The summed E-state index contributed by atoms with van der Waals surface area (Å²) in [6, 6.07) is 28.0. The number of hydrogen-bond acceptors (Lipinski definition) is 1. The molecule has 0 fully saturated rings. The normalized spacial score (nSPS) is 11.0. The van der Waals surface area contributed by atoms with E-state index in [0.29, 0.717) is 0 Å². The summed E-state index contributed by atoms with van der Waals surface area (Å²) in [6.07, 6.45) is 3.56. The van der Waals surface area contributed by atoms with Crippen molar-refractivity contribution in [2.24, 2.45) is 0 Å². The fraction of sp³-hybridized carbons (Fsp3) is 0.200. The second-order valence-electron chi connectivity index (χ2n) is 7.10. The van der Waals surface area contributed by atoms with Crippen molar-refractivity contribution in [1.82, 2.24) is 4.98 Å². The molecule has 0 unspecified atom stereocenters. The first kappa shape index (κ1) is 17.4. The molecule has 2 nitrogen and oxygen atoms in total. The van der Waals surface area contributed by atoms with Crippen LogP contribution in [0.15, 0.2) is 78.9 Å². The second-order valence-corrected chi connectivity index (χ2v) is 7.10. The third-order valence-electron chi connectivity index (χ3n) is 5.02. The van der Waals surface area contributed by atoms with Crippen molar-refractivity contribution < 1.29 is 0 Å². The van der Waals surface area contributed by atoms with E-state index in [9.17, 15) is 0 Å². The summed E-state index contributed by atoms with van der Waals surface area (Å²) in [4.78, 5) is 3.64. The number of rotatable bonds is 7. The lowest BCUT2D eigenvalue weighted by Gasteiger charge is -2.11. The topological polar surface area (TPSA) is 27.8 Å². The molecule has 0 atom stereocenters. The smallest absolute Gasteiger partial charge is 0.0694 e. The van der Waals surface area contributed by atoms with Crippen LogP contribution in [0.25, 0.3) is 22.2 Å². The van der Waals surface area contributed by atoms with Crippen molar-refractivity contribution in [3.63, 3.8) is 0 Å². The summed E-state index contributed by atoms with van der Waals surface area (Å²) in [5.41, 5.74) is 7.45. The van der Waals surface area contributed by atoms with E-state index in [2.05, 4.69) is 96.1 Å². The van der Waals surface area contributed by atoms with Gasteiger partial charge in [0, 0.05) is 17.6 Å². The fourth-order valence-electron chi connectivity index (χ4n) is 3.54. The third-order valence-corrected chi connectivity index (χ3v) is 5.02. The Morgan fingerprint density at radius 1 is 0.815 bits per heavy atom. The highest BCUT2D eigenvalue weighted by molar-refractivity contribution is 5.95. The van der Waals surface area contributed by atoms with Gasteiger partial charge in [-0.05, 0) is 47.7 Å². The Labute approximate surface area is 161 Å². The first-order valence-electron chi connectivity index (χ1n) is 9.82. The van der Waals surface area contributed by atoms with Crippen LogP contribution in [0.2, 0.25) is 0 Å². The highest BCUT2D eigenvalue weighted by Crippen LogP contribution is 2.31. The zero-order valence-corrected chi connectivity index (χ0v) is 15.8. The SMILES string of the molecule is CCCCc1cc(NCc2ccccc2)c2[nH]c(-c3ccccc3)cc2c1. The maximum Gasteiger partial charge on any atom is 0.0694 e. The maximum absolute atomic E-state index is 3.65. The van der Waals surface area contributed by atoms with E-state index in [0.717, 1.165) is 13.0 Å². The van der Waals surface area contributed by atoms with E-state index in [1.807, 2.05) is 0 Å². The maximum atomic E-state index is 3.65. The molecule has 0 radical (unpaired) electrons. The average molecular weight is 354 g/mol. The number of aromatic amines is 1. The Kier molecular flexibility index (Phi) is 5.24. The Hall–Kier alpha value is -3.00. The standard InChI is InChI=1S/C25H26N2/c1-2-3-10-20-15-22-17-23(21-13-8-5-9-14-21)27-25(22)24(16-20)26-18-19-11-6-4-7-12-19/h4-9,11-17,26-27H,2-3,10,18H2,1H3. The highest BCUT2D eigenvalue weighted by Gasteiger charge is 2.09.